The molecule has 424 valence electrons. The fourth-order valence-electron chi connectivity index (χ4n) is 9.16. The highest BCUT2D eigenvalue weighted by Gasteiger charge is 2.26. The number of hydrogen-bond acceptors (Lipinski definition) is 14. The Bertz CT molecular complexity index is 2620. The summed E-state index contributed by atoms with van der Waals surface area (Å²) in [5.74, 6) is -0.784. The number of aromatic hydroxyl groups is 1. The second kappa shape index (κ2) is 32.8. The maximum absolute atomic E-state index is 11.9. The van der Waals surface area contributed by atoms with Gasteiger partial charge in [-0.2, -0.15) is 15.3 Å². The van der Waals surface area contributed by atoms with E-state index < -0.39 is 11.9 Å². The number of esters is 2. The number of aliphatic hydroxyl groups excluding tert-OH is 2. The third-order valence-corrected chi connectivity index (χ3v) is 13.4. The van der Waals surface area contributed by atoms with Crippen molar-refractivity contribution in [1.29, 1.82) is 0 Å². The third kappa shape index (κ3) is 19.4. The number of carbonyl (C=O) groups excluding carboxylic acids is 5. The van der Waals surface area contributed by atoms with Crippen LogP contribution >= 0.6 is 0 Å². The number of benzene rings is 1. The van der Waals surface area contributed by atoms with Crippen LogP contribution < -0.4 is 4.74 Å². The molecule has 3 aliphatic rings. The zero-order valence-electron chi connectivity index (χ0n) is 48.0. The van der Waals surface area contributed by atoms with Crippen molar-refractivity contribution in [3.63, 3.8) is 0 Å². The minimum absolute atomic E-state index is 0.0318. The largest absolute Gasteiger partial charge is 0.507 e. The van der Waals surface area contributed by atoms with E-state index in [-0.39, 0.29) is 55.0 Å². The zero-order valence-corrected chi connectivity index (χ0v) is 48.0. The molecule has 2 aliphatic heterocycles. The van der Waals surface area contributed by atoms with Gasteiger partial charge in [0.05, 0.1) is 35.9 Å². The standard InChI is InChI=1S/C21H25N3O4.C14H21N3O2.C13H20N2O.C6H15N.C4H6O3/c1-14(2)24-19(7-9-22-24)17-11-23(15(3)26)10-8-16(17)13-28-21-6-4-5-20(27)18(21)12-25;1-10(2)17-14(4-6-15-17)13-8-16(11(3)19)7-5-12(13)9-18;1-10(2)15-13(7-8-14-15)12-6-4-3-5-11(12)9-16;1-4-7(5-2)6-3;1-3(5)7-4(2)6/h4-7,9,12,14,27H,8,10-11,13H2,1-3H3;4,6,10,18H,5,7-9H2,1-3H3;7-8,10,16H,3-6,9H2,1-2H3;4-6H2,1-3H3;1-2H3. The summed E-state index contributed by atoms with van der Waals surface area (Å²) in [7, 11) is 0. The number of phenols is 1. The first kappa shape index (κ1) is 64.6. The van der Waals surface area contributed by atoms with E-state index in [4.69, 9.17) is 4.74 Å². The summed E-state index contributed by atoms with van der Waals surface area (Å²) < 4.78 is 15.8. The molecule has 4 aromatic rings. The van der Waals surface area contributed by atoms with E-state index in [1.54, 1.807) is 38.4 Å². The number of nitrogens with zero attached hydrogens (tertiary/aromatic N) is 9. The van der Waals surface area contributed by atoms with E-state index in [1.807, 2.05) is 37.5 Å². The van der Waals surface area contributed by atoms with Crippen molar-refractivity contribution in [3.05, 3.63) is 94.4 Å². The lowest BCUT2D eigenvalue weighted by Gasteiger charge is -2.31. The molecule has 19 nitrogen and oxygen atoms in total. The van der Waals surface area contributed by atoms with E-state index in [0.717, 1.165) is 52.9 Å². The smallest absolute Gasteiger partial charge is 0.310 e. The molecule has 0 unspecified atom stereocenters. The van der Waals surface area contributed by atoms with Crippen LogP contribution in [0.5, 0.6) is 11.5 Å². The van der Waals surface area contributed by atoms with Gasteiger partial charge in [-0.1, -0.05) is 26.8 Å². The van der Waals surface area contributed by atoms with Crippen molar-refractivity contribution in [3.8, 4) is 11.5 Å². The van der Waals surface area contributed by atoms with E-state index in [1.165, 1.54) is 69.2 Å². The molecule has 2 amide bonds. The lowest BCUT2D eigenvalue weighted by atomic mass is 9.90. The average molecular weight is 1070 g/mol. The first-order chi connectivity index (χ1) is 36.7. The quantitative estimate of drug-likeness (QED) is 0.0575. The molecule has 7 rings (SSSR count). The average Bonchev–Trinajstić information content (AvgIpc) is 4.22. The van der Waals surface area contributed by atoms with Crippen molar-refractivity contribution in [2.24, 2.45) is 0 Å². The summed E-state index contributed by atoms with van der Waals surface area (Å²) >= 11 is 0. The Labute approximate surface area is 456 Å². The normalized spacial score (nSPS) is 14.5. The molecular formula is C58H87N9O10. The minimum atomic E-state index is -0.562. The Morgan fingerprint density at radius 3 is 1.40 bits per heavy atom. The third-order valence-electron chi connectivity index (χ3n) is 13.4. The van der Waals surface area contributed by atoms with Gasteiger partial charge in [0.2, 0.25) is 11.8 Å². The van der Waals surface area contributed by atoms with Gasteiger partial charge in [-0.15, -0.1) is 0 Å². The van der Waals surface area contributed by atoms with Gasteiger partial charge < -0.3 is 39.5 Å². The molecule has 3 N–H and O–H groups in total. The van der Waals surface area contributed by atoms with Crippen LogP contribution in [0.4, 0.5) is 0 Å². The zero-order chi connectivity index (χ0) is 57.4. The van der Waals surface area contributed by atoms with E-state index in [0.29, 0.717) is 50.7 Å². The van der Waals surface area contributed by atoms with E-state index >= 15 is 0 Å². The van der Waals surface area contributed by atoms with Gasteiger partial charge in [0, 0.05) is 90.6 Å². The topological polar surface area (TPSA) is 228 Å². The summed E-state index contributed by atoms with van der Waals surface area (Å²) in [6.45, 7) is 31.0. The van der Waals surface area contributed by atoms with Gasteiger partial charge in [-0.25, -0.2) is 0 Å². The maximum atomic E-state index is 11.9. The number of hydrogen-bond donors (Lipinski definition) is 3. The van der Waals surface area contributed by atoms with Crippen LogP contribution in [0.3, 0.4) is 0 Å². The highest BCUT2D eigenvalue weighted by Crippen LogP contribution is 2.34. The van der Waals surface area contributed by atoms with Crippen molar-refractivity contribution in [2.75, 3.05) is 65.6 Å². The second-order valence-corrected chi connectivity index (χ2v) is 19.7. The summed E-state index contributed by atoms with van der Waals surface area (Å²) in [4.78, 5) is 60.4. The van der Waals surface area contributed by atoms with Crippen molar-refractivity contribution < 1.29 is 48.8 Å². The van der Waals surface area contributed by atoms with Crippen molar-refractivity contribution in [2.45, 2.75) is 147 Å². The SMILES string of the molecule is CC(=O)N1CCC(CO)=C(c2ccnn2C(C)C)C1.CC(=O)N1CCC(COc2cccc(O)c2C=O)=C(c2ccnn2C(C)C)C1.CC(=O)OC(C)=O.CC(C)n1nccc1C1=C(CO)CCCC1.CCN(CC)CC. The molecule has 1 aromatic carbocycles. The number of ether oxygens (including phenoxy) is 2. The van der Waals surface area contributed by atoms with Crippen LogP contribution in [0.15, 0.2) is 71.7 Å². The molecule has 19 heteroatoms. The summed E-state index contributed by atoms with van der Waals surface area (Å²) in [6, 6.07) is 11.5. The predicted octanol–water partition coefficient (Wildman–Crippen LogP) is 8.76. The van der Waals surface area contributed by atoms with E-state index in [2.05, 4.69) is 98.0 Å². The van der Waals surface area contributed by atoms with Crippen LogP contribution in [0.2, 0.25) is 0 Å². The van der Waals surface area contributed by atoms with Crippen LogP contribution in [0.25, 0.3) is 16.7 Å². The molecule has 0 saturated heterocycles. The van der Waals surface area contributed by atoms with Gasteiger partial charge in [0.25, 0.3) is 0 Å². The number of aldehydes is 1. The fraction of sp³-hybridized carbons (Fsp3) is 0.552. The van der Waals surface area contributed by atoms with Crippen LogP contribution in [0.1, 0.15) is 174 Å². The predicted molar refractivity (Wildman–Crippen MR) is 300 cm³/mol. The van der Waals surface area contributed by atoms with Gasteiger partial charge in [-0.05, 0) is 163 Å². The number of rotatable bonds is 15. The highest BCUT2D eigenvalue weighted by molar-refractivity contribution is 5.84. The molecule has 0 saturated carbocycles. The molecule has 1 aliphatic carbocycles. The second-order valence-electron chi connectivity index (χ2n) is 19.7. The Morgan fingerprint density at radius 1 is 0.610 bits per heavy atom. The first-order valence-electron chi connectivity index (χ1n) is 27.0. The van der Waals surface area contributed by atoms with Gasteiger partial charge in [0.1, 0.15) is 18.1 Å². The molecule has 0 atom stereocenters. The highest BCUT2D eigenvalue weighted by atomic mass is 16.6. The lowest BCUT2D eigenvalue weighted by Crippen LogP contribution is -2.36. The first-order valence-corrected chi connectivity index (χ1v) is 27.0. The van der Waals surface area contributed by atoms with Gasteiger partial charge >= 0.3 is 11.9 Å². The monoisotopic (exact) mass is 1070 g/mol. The van der Waals surface area contributed by atoms with Gasteiger partial charge in [-0.3, -0.25) is 38.0 Å². The van der Waals surface area contributed by atoms with Crippen LogP contribution in [-0.2, 0) is 23.9 Å². The molecule has 3 aromatic heterocycles. The van der Waals surface area contributed by atoms with Crippen molar-refractivity contribution >= 4 is 46.8 Å². The maximum Gasteiger partial charge on any atom is 0.310 e. The number of aromatic nitrogens is 6. The molecule has 0 bridgehead atoms. The summed E-state index contributed by atoms with van der Waals surface area (Å²) in [6.07, 6.45) is 11.9. The Hall–Kier alpha value is -6.70. The Balaban J connectivity index is 0.000000278. The Kier molecular flexibility index (Phi) is 27.5. The number of amides is 2. The molecule has 0 radical (unpaired) electrons. The molecular weight excluding hydrogens is 983 g/mol. The van der Waals surface area contributed by atoms with Crippen LogP contribution in [0, 0.1) is 0 Å². The van der Waals surface area contributed by atoms with Crippen LogP contribution in [-0.4, -0.2) is 155 Å². The molecule has 0 spiro atoms. The Morgan fingerprint density at radius 2 is 1.03 bits per heavy atom. The lowest BCUT2D eigenvalue weighted by molar-refractivity contribution is -0.156. The summed E-state index contributed by atoms with van der Waals surface area (Å²) in [5.41, 5.74) is 9.94. The summed E-state index contributed by atoms with van der Waals surface area (Å²) in [5, 5.41) is 41.9. The number of allylic oxidation sites excluding steroid dienone is 1. The molecule has 5 heterocycles. The number of carbonyl (C=O) groups is 5. The van der Waals surface area contributed by atoms with E-state index in [9.17, 15) is 39.3 Å². The number of phenolic OH excluding ortho intramolecular Hbond substituents is 1. The molecule has 77 heavy (non-hydrogen) atoms. The van der Waals surface area contributed by atoms with Crippen molar-refractivity contribution in [1.82, 2.24) is 44.0 Å². The van der Waals surface area contributed by atoms with Gasteiger partial charge in [0.15, 0.2) is 6.29 Å². The number of aliphatic hydroxyl groups is 2. The molecule has 0 fully saturated rings. The fourth-order valence-corrected chi connectivity index (χ4v) is 9.16. The minimum Gasteiger partial charge on any atom is -0.507 e.